The molecule has 0 atom stereocenters. The molecule has 0 saturated heterocycles. The summed E-state index contributed by atoms with van der Waals surface area (Å²) in [4.78, 5) is 15.7. The highest BCUT2D eigenvalue weighted by Crippen LogP contribution is 2.14. The SMILES string of the molecule is CN(Cc1ccc(N(C)C)cc1)C(=O)CCCCCl. The minimum absolute atomic E-state index is 0.182. The molecular weight excluding hydrogens is 260 g/mol. The maximum atomic E-state index is 11.9. The van der Waals surface area contributed by atoms with E-state index in [-0.39, 0.29) is 5.91 Å². The van der Waals surface area contributed by atoms with Crippen LogP contribution in [0.4, 0.5) is 5.69 Å². The van der Waals surface area contributed by atoms with Crippen LogP contribution in [0, 0.1) is 0 Å². The summed E-state index contributed by atoms with van der Waals surface area (Å²) >= 11 is 5.61. The van der Waals surface area contributed by atoms with Gasteiger partial charge in [-0.05, 0) is 30.5 Å². The topological polar surface area (TPSA) is 23.6 Å². The molecule has 0 aromatic heterocycles. The van der Waals surface area contributed by atoms with Crippen LogP contribution in [-0.2, 0) is 11.3 Å². The molecule has 1 aromatic rings. The fraction of sp³-hybridized carbons (Fsp3) is 0.533. The van der Waals surface area contributed by atoms with E-state index in [0.29, 0.717) is 18.8 Å². The number of unbranched alkanes of at least 4 members (excludes halogenated alkanes) is 1. The van der Waals surface area contributed by atoms with E-state index >= 15 is 0 Å². The molecule has 0 unspecified atom stereocenters. The Bertz CT molecular complexity index is 390. The number of carbonyl (C=O) groups is 1. The van der Waals surface area contributed by atoms with Gasteiger partial charge in [0, 0.05) is 45.7 Å². The Kier molecular flexibility index (Phi) is 6.71. The number of hydrogen-bond donors (Lipinski definition) is 0. The molecule has 0 aliphatic rings. The average Bonchev–Trinajstić information content (AvgIpc) is 2.39. The van der Waals surface area contributed by atoms with Crippen LogP contribution in [0.15, 0.2) is 24.3 Å². The van der Waals surface area contributed by atoms with E-state index in [2.05, 4.69) is 29.2 Å². The lowest BCUT2D eigenvalue weighted by atomic mass is 10.1. The van der Waals surface area contributed by atoms with Crippen molar-refractivity contribution in [1.29, 1.82) is 0 Å². The molecule has 0 bridgehead atoms. The van der Waals surface area contributed by atoms with Crippen molar-refractivity contribution < 1.29 is 4.79 Å². The molecule has 0 radical (unpaired) electrons. The Balaban J connectivity index is 2.47. The first-order valence-corrected chi connectivity index (χ1v) is 7.14. The van der Waals surface area contributed by atoms with E-state index in [0.717, 1.165) is 18.4 Å². The number of nitrogens with zero attached hydrogens (tertiary/aromatic N) is 2. The van der Waals surface area contributed by atoms with Crippen LogP contribution in [0.25, 0.3) is 0 Å². The molecule has 1 amide bonds. The van der Waals surface area contributed by atoms with Gasteiger partial charge in [0.1, 0.15) is 0 Å². The van der Waals surface area contributed by atoms with Gasteiger partial charge < -0.3 is 9.80 Å². The lowest BCUT2D eigenvalue weighted by Gasteiger charge is -2.18. The fourth-order valence-electron chi connectivity index (χ4n) is 1.82. The molecule has 0 aliphatic carbocycles. The van der Waals surface area contributed by atoms with Gasteiger partial charge in [-0.25, -0.2) is 0 Å². The summed E-state index contributed by atoms with van der Waals surface area (Å²) in [6, 6.07) is 8.28. The Labute approximate surface area is 121 Å². The van der Waals surface area contributed by atoms with E-state index in [1.807, 2.05) is 21.1 Å². The number of benzene rings is 1. The maximum Gasteiger partial charge on any atom is 0.222 e. The highest BCUT2D eigenvalue weighted by molar-refractivity contribution is 6.17. The predicted molar refractivity (Wildman–Crippen MR) is 81.8 cm³/mol. The molecule has 0 N–H and O–H groups in total. The summed E-state index contributed by atoms with van der Waals surface area (Å²) < 4.78 is 0. The zero-order valence-electron chi connectivity index (χ0n) is 12.0. The number of amides is 1. The molecule has 0 aliphatic heterocycles. The van der Waals surface area contributed by atoms with Crippen LogP contribution in [0.1, 0.15) is 24.8 Å². The molecular formula is C15H23ClN2O. The zero-order chi connectivity index (χ0) is 14.3. The maximum absolute atomic E-state index is 11.9. The molecule has 1 rings (SSSR count). The Hall–Kier alpha value is -1.22. The second-order valence-corrected chi connectivity index (χ2v) is 5.33. The van der Waals surface area contributed by atoms with E-state index in [9.17, 15) is 4.79 Å². The molecule has 1 aromatic carbocycles. The van der Waals surface area contributed by atoms with Crippen molar-refractivity contribution in [2.24, 2.45) is 0 Å². The number of hydrogen-bond acceptors (Lipinski definition) is 2. The summed E-state index contributed by atoms with van der Waals surface area (Å²) in [6.45, 7) is 0.660. The van der Waals surface area contributed by atoms with Gasteiger partial charge in [0.05, 0.1) is 0 Å². The van der Waals surface area contributed by atoms with Crippen molar-refractivity contribution in [3.05, 3.63) is 29.8 Å². The summed E-state index contributed by atoms with van der Waals surface area (Å²) in [6.07, 6.45) is 2.35. The lowest BCUT2D eigenvalue weighted by Crippen LogP contribution is -2.25. The first-order chi connectivity index (χ1) is 9.04. The van der Waals surface area contributed by atoms with Gasteiger partial charge in [-0.15, -0.1) is 11.6 Å². The Morgan fingerprint density at radius 2 is 1.74 bits per heavy atom. The van der Waals surface area contributed by atoms with Crippen molar-refractivity contribution in [1.82, 2.24) is 4.90 Å². The quantitative estimate of drug-likeness (QED) is 0.567. The molecule has 0 saturated carbocycles. The smallest absolute Gasteiger partial charge is 0.222 e. The second kappa shape index (κ2) is 8.05. The fourth-order valence-corrected chi connectivity index (χ4v) is 2.01. The normalized spacial score (nSPS) is 10.3. The predicted octanol–water partition coefficient (Wildman–Crippen LogP) is 3.12. The second-order valence-electron chi connectivity index (χ2n) is 4.96. The number of rotatable bonds is 7. The highest BCUT2D eigenvalue weighted by Gasteiger charge is 2.08. The van der Waals surface area contributed by atoms with Crippen molar-refractivity contribution >= 4 is 23.2 Å². The third kappa shape index (κ3) is 5.52. The van der Waals surface area contributed by atoms with Crippen LogP contribution in [0.3, 0.4) is 0 Å². The van der Waals surface area contributed by atoms with Gasteiger partial charge in [0.15, 0.2) is 0 Å². The van der Waals surface area contributed by atoms with Gasteiger partial charge in [-0.1, -0.05) is 12.1 Å². The molecule has 3 nitrogen and oxygen atoms in total. The number of alkyl halides is 1. The van der Waals surface area contributed by atoms with Crippen molar-refractivity contribution in [3.8, 4) is 0 Å². The van der Waals surface area contributed by atoms with Gasteiger partial charge in [-0.3, -0.25) is 4.79 Å². The zero-order valence-corrected chi connectivity index (χ0v) is 12.8. The first kappa shape index (κ1) is 15.8. The molecule has 0 fully saturated rings. The first-order valence-electron chi connectivity index (χ1n) is 6.60. The third-order valence-corrected chi connectivity index (χ3v) is 3.34. The van der Waals surface area contributed by atoms with Gasteiger partial charge in [0.2, 0.25) is 5.91 Å². The molecule has 0 heterocycles. The molecule has 19 heavy (non-hydrogen) atoms. The van der Waals surface area contributed by atoms with E-state index in [1.165, 1.54) is 5.69 Å². The number of halogens is 1. The monoisotopic (exact) mass is 282 g/mol. The van der Waals surface area contributed by atoms with E-state index in [4.69, 9.17) is 11.6 Å². The third-order valence-electron chi connectivity index (χ3n) is 3.07. The largest absolute Gasteiger partial charge is 0.378 e. The standard InChI is InChI=1S/C15H23ClN2O/c1-17(2)14-9-7-13(8-10-14)12-18(3)15(19)6-4-5-11-16/h7-10H,4-6,11-12H2,1-3H3. The van der Waals surface area contributed by atoms with E-state index in [1.54, 1.807) is 4.90 Å². The van der Waals surface area contributed by atoms with Crippen LogP contribution in [0.5, 0.6) is 0 Å². The number of anilines is 1. The Morgan fingerprint density at radius 1 is 1.11 bits per heavy atom. The number of carbonyl (C=O) groups excluding carboxylic acids is 1. The van der Waals surface area contributed by atoms with Gasteiger partial charge in [-0.2, -0.15) is 0 Å². The van der Waals surface area contributed by atoms with Gasteiger partial charge in [0.25, 0.3) is 0 Å². The van der Waals surface area contributed by atoms with Crippen molar-refractivity contribution in [2.75, 3.05) is 31.9 Å². The lowest BCUT2D eigenvalue weighted by molar-refractivity contribution is -0.130. The molecule has 0 spiro atoms. The van der Waals surface area contributed by atoms with Crippen molar-refractivity contribution in [2.45, 2.75) is 25.8 Å². The van der Waals surface area contributed by atoms with Gasteiger partial charge >= 0.3 is 0 Å². The summed E-state index contributed by atoms with van der Waals surface area (Å²) in [5, 5.41) is 0. The molecule has 4 heteroatoms. The Morgan fingerprint density at radius 3 is 2.26 bits per heavy atom. The van der Waals surface area contributed by atoms with Crippen LogP contribution < -0.4 is 4.90 Å². The molecule has 106 valence electrons. The van der Waals surface area contributed by atoms with Crippen molar-refractivity contribution in [3.63, 3.8) is 0 Å². The highest BCUT2D eigenvalue weighted by atomic mass is 35.5. The average molecular weight is 283 g/mol. The van der Waals surface area contributed by atoms with E-state index < -0.39 is 0 Å². The van der Waals surface area contributed by atoms with Crippen LogP contribution in [-0.4, -0.2) is 37.8 Å². The van der Waals surface area contributed by atoms with Crippen LogP contribution >= 0.6 is 11.6 Å². The summed E-state index contributed by atoms with van der Waals surface area (Å²) in [7, 11) is 5.88. The summed E-state index contributed by atoms with van der Waals surface area (Å²) in [5.74, 6) is 0.810. The minimum atomic E-state index is 0.182. The minimum Gasteiger partial charge on any atom is -0.378 e. The van der Waals surface area contributed by atoms with Crippen LogP contribution in [0.2, 0.25) is 0 Å². The summed E-state index contributed by atoms with van der Waals surface area (Å²) in [5.41, 5.74) is 2.32.